The Kier molecular flexibility index (Phi) is 3.93. The molecular formula is C12H23N3O2. The molecule has 3 aliphatic heterocycles. The van der Waals surface area contributed by atoms with Crippen LogP contribution in [0, 0.1) is 0 Å². The molecule has 3 heterocycles. The van der Waals surface area contributed by atoms with Crippen LogP contribution in [-0.4, -0.2) is 87.6 Å². The molecule has 2 atom stereocenters. The Bertz CT molecular complexity index is 224. The lowest BCUT2D eigenvalue weighted by Crippen LogP contribution is -2.64. The van der Waals surface area contributed by atoms with Gasteiger partial charge in [0.05, 0.1) is 26.4 Å². The van der Waals surface area contributed by atoms with Gasteiger partial charge in [-0.15, -0.1) is 0 Å². The quantitative estimate of drug-likeness (QED) is 0.685. The van der Waals surface area contributed by atoms with E-state index in [0.717, 1.165) is 52.6 Å². The molecule has 3 rings (SSSR count). The molecule has 3 saturated heterocycles. The first-order valence-corrected chi connectivity index (χ1v) is 6.78. The number of ether oxygens (including phenoxy) is 2. The summed E-state index contributed by atoms with van der Waals surface area (Å²) in [7, 11) is 0. The Hall–Kier alpha value is -0.200. The monoisotopic (exact) mass is 241 g/mol. The lowest BCUT2D eigenvalue weighted by Gasteiger charge is -2.46. The molecule has 5 nitrogen and oxygen atoms in total. The van der Waals surface area contributed by atoms with Crippen LogP contribution in [0.1, 0.15) is 0 Å². The molecule has 0 amide bonds. The number of hydrogen-bond donors (Lipinski definition) is 1. The fourth-order valence-electron chi connectivity index (χ4n) is 3.05. The fraction of sp³-hybridized carbons (Fsp3) is 1.00. The summed E-state index contributed by atoms with van der Waals surface area (Å²) in [5, 5.41) is 3.50. The topological polar surface area (TPSA) is 37.0 Å². The Balaban J connectivity index is 1.49. The van der Waals surface area contributed by atoms with Crippen molar-refractivity contribution < 1.29 is 9.47 Å². The summed E-state index contributed by atoms with van der Waals surface area (Å²) in [6.45, 7) is 10.3. The second-order valence-electron chi connectivity index (χ2n) is 5.20. The Morgan fingerprint density at radius 3 is 2.35 bits per heavy atom. The van der Waals surface area contributed by atoms with Gasteiger partial charge in [0, 0.05) is 51.4 Å². The van der Waals surface area contributed by atoms with E-state index in [1.807, 2.05) is 0 Å². The molecule has 2 unspecified atom stereocenters. The summed E-state index contributed by atoms with van der Waals surface area (Å²) in [6, 6.07) is 1.17. The first-order chi connectivity index (χ1) is 8.43. The van der Waals surface area contributed by atoms with E-state index in [4.69, 9.17) is 9.47 Å². The van der Waals surface area contributed by atoms with E-state index in [-0.39, 0.29) is 0 Å². The molecule has 2 bridgehead atoms. The number of rotatable bonds is 3. The second-order valence-corrected chi connectivity index (χ2v) is 5.20. The lowest BCUT2D eigenvalue weighted by atomic mass is 10.1. The van der Waals surface area contributed by atoms with Crippen molar-refractivity contribution in [1.82, 2.24) is 15.1 Å². The molecular weight excluding hydrogens is 218 g/mol. The van der Waals surface area contributed by atoms with E-state index >= 15 is 0 Å². The molecule has 0 radical (unpaired) electrons. The van der Waals surface area contributed by atoms with Gasteiger partial charge in [0.25, 0.3) is 0 Å². The first kappa shape index (κ1) is 11.9. The van der Waals surface area contributed by atoms with E-state index in [1.165, 1.54) is 13.1 Å². The molecule has 0 aromatic heterocycles. The highest BCUT2D eigenvalue weighted by Crippen LogP contribution is 2.16. The fourth-order valence-corrected chi connectivity index (χ4v) is 3.05. The summed E-state index contributed by atoms with van der Waals surface area (Å²) < 4.78 is 11.0. The van der Waals surface area contributed by atoms with E-state index in [2.05, 4.69) is 15.1 Å². The third kappa shape index (κ3) is 2.80. The van der Waals surface area contributed by atoms with Crippen LogP contribution in [0.5, 0.6) is 0 Å². The molecule has 0 aliphatic carbocycles. The number of nitrogens with one attached hydrogen (secondary N) is 1. The van der Waals surface area contributed by atoms with Crippen molar-refractivity contribution in [2.75, 3.05) is 65.7 Å². The van der Waals surface area contributed by atoms with Crippen LogP contribution in [0.25, 0.3) is 0 Å². The summed E-state index contributed by atoms with van der Waals surface area (Å²) in [5.41, 5.74) is 0. The van der Waals surface area contributed by atoms with Crippen LogP contribution < -0.4 is 5.32 Å². The molecule has 0 spiro atoms. The Morgan fingerprint density at radius 1 is 0.941 bits per heavy atom. The van der Waals surface area contributed by atoms with E-state index in [9.17, 15) is 0 Å². The van der Waals surface area contributed by atoms with Gasteiger partial charge in [-0.2, -0.15) is 0 Å². The van der Waals surface area contributed by atoms with Crippen molar-refractivity contribution in [3.63, 3.8) is 0 Å². The number of morpholine rings is 2. The Labute approximate surface area is 103 Å². The van der Waals surface area contributed by atoms with Crippen molar-refractivity contribution in [1.29, 1.82) is 0 Å². The normalized spacial score (nSPS) is 36.0. The van der Waals surface area contributed by atoms with Gasteiger partial charge in [-0.05, 0) is 0 Å². The van der Waals surface area contributed by atoms with E-state index in [0.29, 0.717) is 12.1 Å². The smallest absolute Gasteiger partial charge is 0.0635 e. The summed E-state index contributed by atoms with van der Waals surface area (Å²) in [4.78, 5) is 5.16. The molecule has 3 fully saturated rings. The molecule has 0 aromatic carbocycles. The van der Waals surface area contributed by atoms with Crippen molar-refractivity contribution >= 4 is 0 Å². The maximum absolute atomic E-state index is 5.64. The van der Waals surface area contributed by atoms with Gasteiger partial charge in [0.2, 0.25) is 0 Å². The second kappa shape index (κ2) is 5.63. The van der Waals surface area contributed by atoms with Gasteiger partial charge < -0.3 is 14.8 Å². The Morgan fingerprint density at radius 2 is 1.65 bits per heavy atom. The number of nitrogens with zero attached hydrogens (tertiary/aromatic N) is 2. The predicted molar refractivity (Wildman–Crippen MR) is 65.2 cm³/mol. The average Bonchev–Trinajstić information content (AvgIpc) is 2.37. The van der Waals surface area contributed by atoms with Gasteiger partial charge in [-0.3, -0.25) is 9.80 Å². The zero-order valence-corrected chi connectivity index (χ0v) is 10.4. The molecule has 3 aliphatic rings. The number of hydrogen-bond acceptors (Lipinski definition) is 5. The highest BCUT2D eigenvalue weighted by atomic mass is 16.5. The van der Waals surface area contributed by atoms with E-state index < -0.39 is 0 Å². The maximum Gasteiger partial charge on any atom is 0.0635 e. The third-order valence-corrected chi connectivity index (χ3v) is 4.10. The van der Waals surface area contributed by atoms with Gasteiger partial charge in [-0.1, -0.05) is 0 Å². The number of fused-ring (bicyclic) bond motifs is 2. The van der Waals surface area contributed by atoms with E-state index in [1.54, 1.807) is 0 Å². The minimum atomic E-state index is 0.587. The van der Waals surface area contributed by atoms with Crippen LogP contribution >= 0.6 is 0 Å². The van der Waals surface area contributed by atoms with Crippen molar-refractivity contribution in [2.45, 2.75) is 12.1 Å². The van der Waals surface area contributed by atoms with Crippen LogP contribution in [-0.2, 0) is 9.47 Å². The highest BCUT2D eigenvalue weighted by molar-refractivity contribution is 4.90. The van der Waals surface area contributed by atoms with Crippen molar-refractivity contribution in [3.8, 4) is 0 Å². The van der Waals surface area contributed by atoms with Crippen molar-refractivity contribution in [2.24, 2.45) is 0 Å². The van der Waals surface area contributed by atoms with Gasteiger partial charge >= 0.3 is 0 Å². The van der Waals surface area contributed by atoms with Gasteiger partial charge in [0.15, 0.2) is 0 Å². The largest absolute Gasteiger partial charge is 0.379 e. The zero-order valence-electron chi connectivity index (χ0n) is 10.4. The van der Waals surface area contributed by atoms with Crippen LogP contribution in [0.4, 0.5) is 0 Å². The van der Waals surface area contributed by atoms with Gasteiger partial charge in [-0.25, -0.2) is 0 Å². The minimum absolute atomic E-state index is 0.587. The summed E-state index contributed by atoms with van der Waals surface area (Å²) >= 11 is 0. The molecule has 0 saturated carbocycles. The average molecular weight is 241 g/mol. The lowest BCUT2D eigenvalue weighted by molar-refractivity contribution is -0.0697. The summed E-state index contributed by atoms with van der Waals surface area (Å²) in [5.74, 6) is 0. The maximum atomic E-state index is 5.64. The van der Waals surface area contributed by atoms with Crippen molar-refractivity contribution in [3.05, 3.63) is 0 Å². The zero-order chi connectivity index (χ0) is 11.5. The van der Waals surface area contributed by atoms with Crippen LogP contribution in [0.15, 0.2) is 0 Å². The standard InChI is InChI=1S/C12H23N3O2/c1(14-3-5-16-6-4-14)2-15-11-7-13-8-12(15)10-17-9-11/h11-13H,1-10H2. The molecule has 17 heavy (non-hydrogen) atoms. The minimum Gasteiger partial charge on any atom is -0.379 e. The highest BCUT2D eigenvalue weighted by Gasteiger charge is 2.34. The molecule has 0 aromatic rings. The van der Waals surface area contributed by atoms with Gasteiger partial charge in [0.1, 0.15) is 0 Å². The molecule has 98 valence electrons. The molecule has 5 heteroatoms. The summed E-state index contributed by atoms with van der Waals surface area (Å²) in [6.07, 6.45) is 0. The van der Waals surface area contributed by atoms with Crippen LogP contribution in [0.2, 0.25) is 0 Å². The molecule has 1 N–H and O–H groups in total. The number of piperazine rings is 1. The first-order valence-electron chi connectivity index (χ1n) is 6.78. The predicted octanol–water partition coefficient (Wildman–Crippen LogP) is -1.01. The van der Waals surface area contributed by atoms with Crippen LogP contribution in [0.3, 0.4) is 0 Å². The SMILES string of the molecule is C1CN(CCN2C3CNCC2COC3)CCO1. The third-order valence-electron chi connectivity index (χ3n) is 4.10.